The van der Waals surface area contributed by atoms with E-state index < -0.39 is 0 Å². The van der Waals surface area contributed by atoms with E-state index in [1.807, 2.05) is 12.1 Å². The van der Waals surface area contributed by atoms with Crippen molar-refractivity contribution in [2.24, 2.45) is 16.8 Å². The molecule has 2 N–H and O–H groups in total. The summed E-state index contributed by atoms with van der Waals surface area (Å²) in [6.45, 7) is 7.81. The number of nitrogens with one attached hydrogen (secondary N) is 2. The number of nitrogens with zero attached hydrogens (tertiary/aromatic N) is 3. The van der Waals surface area contributed by atoms with Crippen LogP contribution in [0.15, 0.2) is 29.3 Å². The summed E-state index contributed by atoms with van der Waals surface area (Å²) in [4.78, 5) is 21.4. The van der Waals surface area contributed by atoms with Crippen molar-refractivity contribution in [1.82, 2.24) is 15.5 Å². The number of anilines is 1. The van der Waals surface area contributed by atoms with Gasteiger partial charge in [-0.1, -0.05) is 12.1 Å². The fourth-order valence-electron chi connectivity index (χ4n) is 4.45. The van der Waals surface area contributed by atoms with Crippen molar-refractivity contribution in [2.45, 2.75) is 32.6 Å². The van der Waals surface area contributed by atoms with Crippen molar-refractivity contribution < 1.29 is 9.53 Å². The molecule has 174 valence electrons. The first-order valence-corrected chi connectivity index (χ1v) is 11.3. The lowest BCUT2D eigenvalue weighted by Gasteiger charge is -2.34. The topological polar surface area (TPSA) is 69.2 Å². The monoisotopic (exact) mass is 543 g/mol. The minimum absolute atomic E-state index is 0. The molecule has 0 aromatic heterocycles. The van der Waals surface area contributed by atoms with Crippen molar-refractivity contribution in [3.8, 4) is 5.75 Å². The number of benzene rings is 1. The predicted octanol–water partition coefficient (Wildman–Crippen LogP) is 2.95. The molecule has 2 saturated heterocycles. The number of piperidine rings is 1. The fourth-order valence-corrected chi connectivity index (χ4v) is 4.45. The molecule has 3 rings (SSSR count). The number of guanidine groups is 1. The van der Waals surface area contributed by atoms with Crippen molar-refractivity contribution in [1.29, 1.82) is 0 Å². The second kappa shape index (κ2) is 13.0. The van der Waals surface area contributed by atoms with Crippen molar-refractivity contribution in [3.05, 3.63) is 24.3 Å². The summed E-state index contributed by atoms with van der Waals surface area (Å²) in [6, 6.07) is 8.25. The van der Waals surface area contributed by atoms with Gasteiger partial charge in [0.15, 0.2) is 5.96 Å². The SMILES string of the molecule is CCNC(=NCC1CCN(c2ccccc2OC)C1)N1CCC(CC(=O)NC)CC1.I. The average molecular weight is 543 g/mol. The van der Waals surface area contributed by atoms with Gasteiger partial charge in [0.25, 0.3) is 0 Å². The van der Waals surface area contributed by atoms with E-state index in [9.17, 15) is 4.79 Å². The van der Waals surface area contributed by atoms with Crippen LogP contribution >= 0.6 is 24.0 Å². The zero-order valence-electron chi connectivity index (χ0n) is 19.1. The van der Waals surface area contributed by atoms with Crippen LogP contribution in [0.4, 0.5) is 5.69 Å². The molecule has 2 heterocycles. The largest absolute Gasteiger partial charge is 0.495 e. The first-order valence-electron chi connectivity index (χ1n) is 11.3. The number of hydrogen-bond donors (Lipinski definition) is 2. The van der Waals surface area contributed by atoms with Gasteiger partial charge in [-0.2, -0.15) is 0 Å². The van der Waals surface area contributed by atoms with Gasteiger partial charge in [-0.15, -0.1) is 24.0 Å². The highest BCUT2D eigenvalue weighted by molar-refractivity contribution is 14.0. The van der Waals surface area contributed by atoms with Crippen molar-refractivity contribution >= 4 is 41.5 Å². The minimum atomic E-state index is 0. The summed E-state index contributed by atoms with van der Waals surface area (Å²) < 4.78 is 5.53. The second-order valence-corrected chi connectivity index (χ2v) is 8.27. The van der Waals surface area contributed by atoms with Gasteiger partial charge in [0.05, 0.1) is 12.8 Å². The van der Waals surface area contributed by atoms with Gasteiger partial charge in [-0.25, -0.2) is 0 Å². The molecule has 0 aliphatic carbocycles. The number of likely N-dealkylation sites (tertiary alicyclic amines) is 1. The molecule has 0 bridgehead atoms. The third-order valence-corrected chi connectivity index (χ3v) is 6.21. The van der Waals surface area contributed by atoms with E-state index in [4.69, 9.17) is 9.73 Å². The second-order valence-electron chi connectivity index (χ2n) is 8.27. The number of carbonyl (C=O) groups is 1. The zero-order chi connectivity index (χ0) is 21.3. The Morgan fingerprint density at radius 3 is 2.55 bits per heavy atom. The molecule has 7 nitrogen and oxygen atoms in total. The zero-order valence-corrected chi connectivity index (χ0v) is 21.4. The Balaban J connectivity index is 0.00000341. The Labute approximate surface area is 204 Å². The lowest BCUT2D eigenvalue weighted by molar-refractivity contribution is -0.121. The highest BCUT2D eigenvalue weighted by Gasteiger charge is 2.26. The van der Waals surface area contributed by atoms with E-state index in [1.165, 1.54) is 5.69 Å². The molecule has 0 saturated carbocycles. The maximum absolute atomic E-state index is 11.6. The molecule has 0 radical (unpaired) electrons. The van der Waals surface area contributed by atoms with Crippen LogP contribution in [0.2, 0.25) is 0 Å². The maximum atomic E-state index is 11.6. The Bertz CT molecular complexity index is 722. The van der Waals surface area contributed by atoms with E-state index in [0.29, 0.717) is 18.3 Å². The van der Waals surface area contributed by atoms with Gasteiger partial charge in [-0.3, -0.25) is 9.79 Å². The van der Waals surface area contributed by atoms with E-state index >= 15 is 0 Å². The summed E-state index contributed by atoms with van der Waals surface area (Å²) in [7, 11) is 3.45. The molecule has 1 aromatic carbocycles. The van der Waals surface area contributed by atoms with Gasteiger partial charge in [0, 0.05) is 52.7 Å². The summed E-state index contributed by atoms with van der Waals surface area (Å²) in [5, 5.41) is 6.21. The molecule has 1 unspecified atom stereocenters. The van der Waals surface area contributed by atoms with E-state index in [-0.39, 0.29) is 29.9 Å². The molecule has 8 heteroatoms. The molecule has 2 aliphatic rings. The van der Waals surface area contributed by atoms with Crippen LogP contribution in [0, 0.1) is 11.8 Å². The predicted molar refractivity (Wildman–Crippen MR) is 138 cm³/mol. The number of methoxy groups -OCH3 is 1. The molecule has 0 spiro atoms. The number of rotatable bonds is 7. The summed E-state index contributed by atoms with van der Waals surface area (Å²) in [6.07, 6.45) is 3.87. The van der Waals surface area contributed by atoms with Gasteiger partial charge in [0.2, 0.25) is 5.91 Å². The number of para-hydroxylation sites is 2. The van der Waals surface area contributed by atoms with Gasteiger partial charge in [-0.05, 0) is 50.2 Å². The van der Waals surface area contributed by atoms with Crippen LogP contribution in [0.3, 0.4) is 0 Å². The van der Waals surface area contributed by atoms with E-state index in [1.54, 1.807) is 14.2 Å². The standard InChI is InChI=1S/C23H37N5O2.HI/c1-4-25-23(27-12-9-18(10-13-27)15-22(29)24-2)26-16-19-11-14-28(17-19)20-7-5-6-8-21(20)30-3;/h5-8,18-19H,4,9-17H2,1-3H3,(H,24,29)(H,25,26);1H. The molecule has 31 heavy (non-hydrogen) atoms. The molecule has 2 aliphatic heterocycles. The van der Waals surface area contributed by atoms with Crippen molar-refractivity contribution in [2.75, 3.05) is 58.3 Å². The van der Waals surface area contributed by atoms with Crippen LogP contribution < -0.4 is 20.3 Å². The van der Waals surface area contributed by atoms with Gasteiger partial charge >= 0.3 is 0 Å². The maximum Gasteiger partial charge on any atom is 0.220 e. The Hall–Kier alpha value is -1.71. The molecular weight excluding hydrogens is 505 g/mol. The van der Waals surface area contributed by atoms with Crippen LogP contribution in [-0.2, 0) is 4.79 Å². The summed E-state index contributed by atoms with van der Waals surface area (Å²) in [5.41, 5.74) is 1.18. The minimum Gasteiger partial charge on any atom is -0.495 e. The first-order chi connectivity index (χ1) is 14.6. The molecule has 1 atom stereocenters. The van der Waals surface area contributed by atoms with E-state index in [0.717, 1.165) is 70.2 Å². The number of aliphatic imine (C=N–C) groups is 1. The smallest absolute Gasteiger partial charge is 0.220 e. The van der Waals surface area contributed by atoms with Gasteiger partial charge < -0.3 is 25.2 Å². The first kappa shape index (κ1) is 25.5. The van der Waals surface area contributed by atoms with Crippen LogP contribution in [0.1, 0.15) is 32.6 Å². The van der Waals surface area contributed by atoms with Crippen LogP contribution in [-0.4, -0.2) is 70.2 Å². The Kier molecular flexibility index (Phi) is 10.7. The number of carbonyl (C=O) groups excluding carboxylic acids is 1. The Morgan fingerprint density at radius 1 is 1.16 bits per heavy atom. The third-order valence-electron chi connectivity index (χ3n) is 6.21. The van der Waals surface area contributed by atoms with E-state index in [2.05, 4.69) is 39.5 Å². The summed E-state index contributed by atoms with van der Waals surface area (Å²) >= 11 is 0. The Morgan fingerprint density at radius 2 is 1.87 bits per heavy atom. The number of hydrogen-bond acceptors (Lipinski definition) is 4. The van der Waals surface area contributed by atoms with Crippen molar-refractivity contribution in [3.63, 3.8) is 0 Å². The molecule has 1 amide bonds. The number of ether oxygens (including phenoxy) is 1. The lowest BCUT2D eigenvalue weighted by Crippen LogP contribution is -2.46. The van der Waals surface area contributed by atoms with Crippen LogP contribution in [0.5, 0.6) is 5.75 Å². The molecule has 1 aromatic rings. The van der Waals surface area contributed by atoms with Gasteiger partial charge in [0.1, 0.15) is 5.75 Å². The number of halogens is 1. The van der Waals surface area contributed by atoms with Crippen LogP contribution in [0.25, 0.3) is 0 Å². The normalized spacial score (nSPS) is 19.7. The molecular formula is C23H38IN5O2. The highest BCUT2D eigenvalue weighted by Crippen LogP contribution is 2.32. The quantitative estimate of drug-likeness (QED) is 0.315. The summed E-state index contributed by atoms with van der Waals surface area (Å²) in [5.74, 6) is 3.14. The highest BCUT2D eigenvalue weighted by atomic mass is 127. The third kappa shape index (κ3) is 7.15. The number of amides is 1. The average Bonchev–Trinajstić information content (AvgIpc) is 3.26. The molecule has 2 fully saturated rings. The lowest BCUT2D eigenvalue weighted by atomic mass is 9.93. The fraction of sp³-hybridized carbons (Fsp3) is 0.652.